The molecule has 0 bridgehead atoms. The Bertz CT molecular complexity index is 1240. The molecular formula is C37H52O3. The van der Waals surface area contributed by atoms with Crippen molar-refractivity contribution in [2.75, 3.05) is 0 Å². The molecule has 0 heterocycles. The molecule has 0 unspecified atom stereocenters. The SMILES string of the molecule is CC(C)C1=C2[C@H]3CC[C@@H]4[C@@]5(C)CC[C@H](O)C(C)(C)[C@@H]5CC[C@@]4(C)[C@]3(C)CC[C@@]2(C(=O)Cc2ccccc2)CC1=O. The minimum absolute atomic E-state index is 0.0527. The van der Waals surface area contributed by atoms with Gasteiger partial charge in [-0.2, -0.15) is 0 Å². The second kappa shape index (κ2) is 9.13. The maximum Gasteiger partial charge on any atom is 0.160 e. The zero-order valence-corrected chi connectivity index (χ0v) is 26.1. The number of ketones is 2. The van der Waals surface area contributed by atoms with Crippen LogP contribution in [0.5, 0.6) is 0 Å². The molecule has 1 aromatic rings. The van der Waals surface area contributed by atoms with Crippen LogP contribution in [-0.4, -0.2) is 22.8 Å². The van der Waals surface area contributed by atoms with Crippen LogP contribution in [0.4, 0.5) is 0 Å². The number of allylic oxidation sites excluding steroid dienone is 2. The molecule has 40 heavy (non-hydrogen) atoms. The highest BCUT2D eigenvalue weighted by molar-refractivity contribution is 6.07. The van der Waals surface area contributed by atoms with Gasteiger partial charge in [-0.3, -0.25) is 9.59 Å². The molecule has 0 spiro atoms. The summed E-state index contributed by atoms with van der Waals surface area (Å²) < 4.78 is 0. The van der Waals surface area contributed by atoms with E-state index in [9.17, 15) is 14.7 Å². The molecule has 5 aliphatic carbocycles. The summed E-state index contributed by atoms with van der Waals surface area (Å²) in [6.07, 6.45) is 9.06. The Hall–Kier alpha value is -1.74. The minimum Gasteiger partial charge on any atom is -0.393 e. The minimum atomic E-state index is -0.613. The molecule has 0 aromatic heterocycles. The van der Waals surface area contributed by atoms with Gasteiger partial charge >= 0.3 is 0 Å². The molecule has 4 saturated carbocycles. The van der Waals surface area contributed by atoms with Gasteiger partial charge < -0.3 is 5.11 Å². The van der Waals surface area contributed by atoms with E-state index in [2.05, 4.69) is 60.6 Å². The Kier molecular flexibility index (Phi) is 6.48. The van der Waals surface area contributed by atoms with Crippen molar-refractivity contribution in [2.24, 2.45) is 50.7 Å². The summed E-state index contributed by atoms with van der Waals surface area (Å²) in [4.78, 5) is 28.2. The molecule has 8 atom stereocenters. The average molecular weight is 545 g/mol. The molecule has 0 aliphatic heterocycles. The van der Waals surface area contributed by atoms with Gasteiger partial charge in [0, 0.05) is 12.8 Å². The molecule has 3 heteroatoms. The van der Waals surface area contributed by atoms with E-state index in [1.807, 2.05) is 18.2 Å². The molecule has 0 saturated heterocycles. The van der Waals surface area contributed by atoms with E-state index in [0.29, 0.717) is 30.6 Å². The van der Waals surface area contributed by atoms with E-state index in [4.69, 9.17) is 0 Å². The number of rotatable bonds is 4. The Balaban J connectivity index is 1.42. The fraction of sp³-hybridized carbons (Fsp3) is 0.730. The first-order valence-electron chi connectivity index (χ1n) is 16.3. The maximum atomic E-state index is 14.4. The molecule has 218 valence electrons. The molecule has 1 N–H and O–H groups in total. The summed E-state index contributed by atoms with van der Waals surface area (Å²) in [5, 5.41) is 11.0. The second-order valence-electron chi connectivity index (χ2n) is 16.2. The van der Waals surface area contributed by atoms with Crippen molar-refractivity contribution >= 4 is 11.6 Å². The summed E-state index contributed by atoms with van der Waals surface area (Å²) in [5.41, 5.74) is 3.12. The van der Waals surface area contributed by atoms with E-state index in [1.165, 1.54) is 24.8 Å². The summed E-state index contributed by atoms with van der Waals surface area (Å²) in [7, 11) is 0. The van der Waals surface area contributed by atoms with Gasteiger partial charge in [-0.15, -0.1) is 0 Å². The van der Waals surface area contributed by atoms with Crippen molar-refractivity contribution in [2.45, 2.75) is 119 Å². The fourth-order valence-electron chi connectivity index (χ4n) is 11.9. The lowest BCUT2D eigenvalue weighted by atomic mass is 9.33. The van der Waals surface area contributed by atoms with Crippen LogP contribution in [0, 0.1) is 50.7 Å². The zero-order valence-electron chi connectivity index (χ0n) is 26.1. The summed E-state index contributed by atoms with van der Waals surface area (Å²) in [6.45, 7) is 16.7. The molecule has 1 aromatic carbocycles. The van der Waals surface area contributed by atoms with Crippen LogP contribution in [-0.2, 0) is 16.0 Å². The van der Waals surface area contributed by atoms with Crippen molar-refractivity contribution in [3.63, 3.8) is 0 Å². The van der Waals surface area contributed by atoms with Crippen LogP contribution in [0.15, 0.2) is 41.5 Å². The lowest BCUT2D eigenvalue weighted by Crippen LogP contribution is -2.65. The highest BCUT2D eigenvalue weighted by Crippen LogP contribution is 2.76. The first kappa shape index (κ1) is 28.4. The Morgan fingerprint density at radius 2 is 1.57 bits per heavy atom. The second-order valence-corrected chi connectivity index (χ2v) is 16.2. The Labute approximate surface area is 242 Å². The standard InChI is InChI=1S/C37H52O3/c1-23(2)31-26(38)22-37(30(40)21-24-11-9-8-10-12-24)20-19-35(6)25(32(31)37)13-14-28-34(5)17-16-29(39)33(3,4)27(34)15-18-36(28,35)7/h8-12,23,25,27-29,39H,13-22H2,1-7H3/t25-,27+,28-,29+,34+,35-,36-,37+/m1/s1. The fourth-order valence-corrected chi connectivity index (χ4v) is 11.9. The number of carbonyl (C=O) groups excluding carboxylic acids is 2. The van der Waals surface area contributed by atoms with Gasteiger partial charge in [0.05, 0.1) is 11.5 Å². The predicted octanol–water partition coefficient (Wildman–Crippen LogP) is 8.14. The molecule has 0 radical (unpaired) electrons. The lowest BCUT2D eigenvalue weighted by molar-refractivity contribution is -0.228. The number of hydrogen-bond acceptors (Lipinski definition) is 3. The van der Waals surface area contributed by atoms with Crippen molar-refractivity contribution in [3.8, 4) is 0 Å². The topological polar surface area (TPSA) is 54.4 Å². The van der Waals surface area contributed by atoms with Crippen LogP contribution < -0.4 is 0 Å². The van der Waals surface area contributed by atoms with Crippen LogP contribution in [0.3, 0.4) is 0 Å². The van der Waals surface area contributed by atoms with Crippen molar-refractivity contribution in [3.05, 3.63) is 47.0 Å². The van der Waals surface area contributed by atoms with Crippen LogP contribution in [0.2, 0.25) is 0 Å². The highest BCUT2D eigenvalue weighted by Gasteiger charge is 2.70. The Morgan fingerprint density at radius 3 is 2.25 bits per heavy atom. The first-order valence-corrected chi connectivity index (χ1v) is 16.3. The Morgan fingerprint density at radius 1 is 0.875 bits per heavy atom. The molecular weight excluding hydrogens is 492 g/mol. The van der Waals surface area contributed by atoms with Crippen molar-refractivity contribution < 1.29 is 14.7 Å². The number of carbonyl (C=O) groups is 2. The third-order valence-corrected chi connectivity index (χ3v) is 14.2. The average Bonchev–Trinajstić information content (AvgIpc) is 3.21. The number of aliphatic hydroxyl groups excluding tert-OH is 1. The summed E-state index contributed by atoms with van der Waals surface area (Å²) in [6, 6.07) is 10.1. The quantitative estimate of drug-likeness (QED) is 0.416. The number of aliphatic hydroxyl groups is 1. The van der Waals surface area contributed by atoms with Gasteiger partial charge in [0.1, 0.15) is 5.78 Å². The molecule has 3 nitrogen and oxygen atoms in total. The first-order chi connectivity index (χ1) is 18.7. The van der Waals surface area contributed by atoms with Gasteiger partial charge in [-0.1, -0.05) is 78.8 Å². The number of hydrogen-bond donors (Lipinski definition) is 1. The van der Waals surface area contributed by atoms with Crippen LogP contribution in [0.1, 0.15) is 112 Å². The van der Waals surface area contributed by atoms with Crippen molar-refractivity contribution in [1.29, 1.82) is 0 Å². The normalized spacial score (nSPS) is 44.1. The molecule has 6 rings (SSSR count). The molecule has 4 fully saturated rings. The van der Waals surface area contributed by atoms with Crippen LogP contribution >= 0.6 is 0 Å². The van der Waals surface area contributed by atoms with Gasteiger partial charge in [0.15, 0.2) is 5.78 Å². The van der Waals surface area contributed by atoms with Crippen LogP contribution in [0.25, 0.3) is 0 Å². The monoisotopic (exact) mass is 544 g/mol. The molecule has 0 amide bonds. The van der Waals surface area contributed by atoms with Gasteiger partial charge in [-0.25, -0.2) is 0 Å². The smallest absolute Gasteiger partial charge is 0.160 e. The third kappa shape index (κ3) is 3.58. The number of fused-ring (bicyclic) bond motifs is 7. The number of Topliss-reactive ketones (excluding diaryl/α,β-unsaturated/α-hetero) is 2. The third-order valence-electron chi connectivity index (χ3n) is 14.2. The van der Waals surface area contributed by atoms with E-state index >= 15 is 0 Å². The lowest BCUT2D eigenvalue weighted by Gasteiger charge is -2.72. The van der Waals surface area contributed by atoms with Crippen molar-refractivity contribution in [1.82, 2.24) is 0 Å². The van der Waals surface area contributed by atoms with E-state index in [0.717, 1.165) is 43.2 Å². The summed E-state index contributed by atoms with van der Waals surface area (Å²) in [5.74, 6) is 2.10. The largest absolute Gasteiger partial charge is 0.393 e. The van der Waals surface area contributed by atoms with E-state index in [-0.39, 0.29) is 45.2 Å². The maximum absolute atomic E-state index is 14.4. The van der Waals surface area contributed by atoms with Gasteiger partial charge in [-0.05, 0) is 113 Å². The predicted molar refractivity (Wildman–Crippen MR) is 161 cm³/mol. The van der Waals surface area contributed by atoms with Gasteiger partial charge in [0.25, 0.3) is 0 Å². The highest BCUT2D eigenvalue weighted by atomic mass is 16.3. The van der Waals surface area contributed by atoms with E-state index in [1.54, 1.807) is 0 Å². The molecule has 5 aliphatic rings. The number of benzene rings is 1. The zero-order chi connectivity index (χ0) is 28.9. The van der Waals surface area contributed by atoms with Gasteiger partial charge in [0.2, 0.25) is 0 Å². The van der Waals surface area contributed by atoms with E-state index < -0.39 is 5.41 Å². The summed E-state index contributed by atoms with van der Waals surface area (Å²) >= 11 is 0.